The predicted octanol–water partition coefficient (Wildman–Crippen LogP) is 3.58. The number of pyridine rings is 1. The summed E-state index contributed by atoms with van der Waals surface area (Å²) in [6.45, 7) is 3.27. The van der Waals surface area contributed by atoms with E-state index in [9.17, 15) is 0 Å². The lowest BCUT2D eigenvalue weighted by Gasteiger charge is -2.33. The third-order valence-corrected chi connectivity index (χ3v) is 6.65. The number of hydrogen-bond acceptors (Lipinski definition) is 5. The third kappa shape index (κ3) is 3.87. The molecule has 154 valence electrons. The summed E-state index contributed by atoms with van der Waals surface area (Å²) in [5, 5.41) is 16.9. The van der Waals surface area contributed by atoms with Crippen LogP contribution in [-0.4, -0.2) is 34.4 Å². The first-order valence-corrected chi connectivity index (χ1v) is 10.4. The van der Waals surface area contributed by atoms with Crippen LogP contribution in [0.2, 0.25) is 0 Å². The Labute approximate surface area is 172 Å². The number of rotatable bonds is 4. The predicted molar refractivity (Wildman–Crippen MR) is 114 cm³/mol. The van der Waals surface area contributed by atoms with Gasteiger partial charge in [-0.2, -0.15) is 0 Å². The summed E-state index contributed by atoms with van der Waals surface area (Å²) in [4.78, 5) is 2.33. The molecule has 3 atom stereocenters. The fourth-order valence-corrected chi connectivity index (χ4v) is 4.67. The normalized spacial score (nSPS) is 26.9. The Bertz CT molecular complexity index is 968. The van der Waals surface area contributed by atoms with Crippen LogP contribution in [0.25, 0.3) is 0 Å². The van der Waals surface area contributed by atoms with Crippen molar-refractivity contribution in [2.45, 2.75) is 56.7 Å². The Morgan fingerprint density at radius 3 is 2.69 bits per heavy atom. The molecule has 4 rings (SSSR count). The van der Waals surface area contributed by atoms with E-state index in [4.69, 9.17) is 21.3 Å². The van der Waals surface area contributed by atoms with Crippen LogP contribution in [-0.2, 0) is 0 Å². The van der Waals surface area contributed by atoms with Gasteiger partial charge in [-0.15, -0.1) is 0 Å². The smallest absolute Gasteiger partial charge is 0.137 e. The summed E-state index contributed by atoms with van der Waals surface area (Å²) >= 11 is 0. The molecule has 0 radical (unpaired) electrons. The highest BCUT2D eigenvalue weighted by atomic mass is 16.5. The van der Waals surface area contributed by atoms with Crippen LogP contribution in [0, 0.1) is 10.8 Å². The molecule has 3 unspecified atom stereocenters. The van der Waals surface area contributed by atoms with Crippen molar-refractivity contribution in [3.63, 3.8) is 0 Å². The van der Waals surface area contributed by atoms with Gasteiger partial charge < -0.3 is 15.4 Å². The molecular weight excluding hydrogens is 362 g/mol. The zero-order chi connectivity index (χ0) is 20.6. The quantitative estimate of drug-likeness (QED) is 0.548. The molecule has 29 heavy (non-hydrogen) atoms. The standard InChI is InChI=1S/C23H31N5O/c1-23(12-5-13-27(23)2)14-22(26)28-15-16(8-11-21(28)25)29-20-10-9-19(24)17-6-3-4-7-18(17)20/h3-4,6-8,11,15,19-20,25-26H,5,9-10,12-14,24H2,1-2H3. The van der Waals surface area contributed by atoms with Crippen molar-refractivity contribution in [2.75, 3.05) is 13.6 Å². The second-order valence-corrected chi connectivity index (χ2v) is 8.68. The van der Waals surface area contributed by atoms with E-state index in [2.05, 4.69) is 31.0 Å². The van der Waals surface area contributed by atoms with Crippen LogP contribution in [0.5, 0.6) is 5.75 Å². The number of nitrogens with one attached hydrogen (secondary N) is 2. The lowest BCUT2D eigenvalue weighted by atomic mass is 9.86. The second kappa shape index (κ2) is 7.76. The van der Waals surface area contributed by atoms with E-state index in [-0.39, 0.29) is 17.7 Å². The van der Waals surface area contributed by atoms with E-state index < -0.39 is 0 Å². The average Bonchev–Trinajstić information content (AvgIpc) is 3.03. The molecule has 0 saturated carbocycles. The van der Waals surface area contributed by atoms with Gasteiger partial charge in [-0.05, 0) is 69.5 Å². The minimum absolute atomic E-state index is 0.0220. The minimum Gasteiger partial charge on any atom is -0.484 e. The van der Waals surface area contributed by atoms with Crippen molar-refractivity contribution in [3.05, 3.63) is 59.2 Å². The zero-order valence-electron chi connectivity index (χ0n) is 17.3. The van der Waals surface area contributed by atoms with Gasteiger partial charge in [0, 0.05) is 18.0 Å². The number of nitrogens with zero attached hydrogens (tertiary/aromatic N) is 2. The van der Waals surface area contributed by atoms with Gasteiger partial charge in [0.1, 0.15) is 23.2 Å². The van der Waals surface area contributed by atoms with Crippen LogP contribution >= 0.6 is 0 Å². The lowest BCUT2D eigenvalue weighted by Crippen LogP contribution is -2.42. The van der Waals surface area contributed by atoms with Crippen LogP contribution in [0.15, 0.2) is 42.6 Å². The molecule has 2 aromatic rings. The maximum atomic E-state index is 8.65. The average molecular weight is 394 g/mol. The van der Waals surface area contributed by atoms with Gasteiger partial charge in [-0.25, -0.2) is 0 Å². The first kappa shape index (κ1) is 19.9. The maximum Gasteiger partial charge on any atom is 0.137 e. The third-order valence-electron chi connectivity index (χ3n) is 6.65. The Morgan fingerprint density at radius 2 is 1.97 bits per heavy atom. The highest BCUT2D eigenvalue weighted by Gasteiger charge is 2.35. The number of benzene rings is 1. The van der Waals surface area contributed by atoms with Crippen molar-refractivity contribution < 1.29 is 4.74 Å². The monoisotopic (exact) mass is 393 g/mol. The van der Waals surface area contributed by atoms with Crippen LogP contribution in [0.3, 0.4) is 0 Å². The molecule has 1 saturated heterocycles. The van der Waals surface area contributed by atoms with E-state index in [1.54, 1.807) is 16.8 Å². The SMILES string of the molecule is CN1CCCC1(C)CC(=N)n1cc(OC2CCC(N)c3ccccc32)ccc1=N. The Kier molecular flexibility index (Phi) is 5.32. The lowest BCUT2D eigenvalue weighted by molar-refractivity contribution is 0.176. The Balaban J connectivity index is 1.56. The fraction of sp³-hybridized carbons (Fsp3) is 0.478. The molecule has 1 aromatic heterocycles. The summed E-state index contributed by atoms with van der Waals surface area (Å²) in [6, 6.07) is 11.8. The van der Waals surface area contributed by atoms with Crippen LogP contribution in [0.4, 0.5) is 0 Å². The van der Waals surface area contributed by atoms with E-state index >= 15 is 0 Å². The van der Waals surface area contributed by atoms with Crippen molar-refractivity contribution in [3.8, 4) is 5.75 Å². The molecule has 1 aliphatic heterocycles. The molecule has 1 aliphatic carbocycles. The topological polar surface area (TPSA) is 91.1 Å². The first-order valence-electron chi connectivity index (χ1n) is 10.4. The largest absolute Gasteiger partial charge is 0.484 e. The molecule has 2 aliphatic rings. The molecule has 2 heterocycles. The van der Waals surface area contributed by atoms with Gasteiger partial charge in [0.15, 0.2) is 0 Å². The minimum atomic E-state index is -0.0521. The molecule has 6 nitrogen and oxygen atoms in total. The molecule has 1 aromatic carbocycles. The summed E-state index contributed by atoms with van der Waals surface area (Å²) in [5.74, 6) is 1.12. The highest BCUT2D eigenvalue weighted by molar-refractivity contribution is 5.82. The van der Waals surface area contributed by atoms with Crippen molar-refractivity contribution in [2.24, 2.45) is 5.73 Å². The van der Waals surface area contributed by atoms with Crippen molar-refractivity contribution in [1.82, 2.24) is 9.47 Å². The van der Waals surface area contributed by atoms with E-state index in [1.807, 2.05) is 18.2 Å². The van der Waals surface area contributed by atoms with Crippen molar-refractivity contribution in [1.29, 1.82) is 10.8 Å². The molecule has 4 N–H and O–H groups in total. The van der Waals surface area contributed by atoms with Gasteiger partial charge >= 0.3 is 0 Å². The van der Waals surface area contributed by atoms with Gasteiger partial charge in [-0.3, -0.25) is 15.4 Å². The van der Waals surface area contributed by atoms with Gasteiger partial charge in [0.25, 0.3) is 0 Å². The zero-order valence-corrected chi connectivity index (χ0v) is 17.3. The van der Waals surface area contributed by atoms with Crippen molar-refractivity contribution >= 4 is 5.84 Å². The van der Waals surface area contributed by atoms with Crippen LogP contribution in [0.1, 0.15) is 62.3 Å². The maximum absolute atomic E-state index is 8.65. The highest BCUT2D eigenvalue weighted by Crippen LogP contribution is 2.37. The van der Waals surface area contributed by atoms with E-state index in [1.165, 1.54) is 0 Å². The van der Waals surface area contributed by atoms with E-state index in [0.717, 1.165) is 43.4 Å². The van der Waals surface area contributed by atoms with Gasteiger partial charge in [-0.1, -0.05) is 24.3 Å². The summed E-state index contributed by atoms with van der Waals surface area (Å²) in [5.41, 5.74) is 8.85. The number of fused-ring (bicyclic) bond motifs is 1. The summed E-state index contributed by atoms with van der Waals surface area (Å²) in [6.07, 6.45) is 6.34. The number of likely N-dealkylation sites (tertiary alicyclic amines) is 1. The Hall–Kier alpha value is -2.44. The number of ether oxygens (including phenoxy) is 1. The number of hydrogen-bond donors (Lipinski definition) is 3. The molecular formula is C23H31N5O. The Morgan fingerprint density at radius 1 is 1.21 bits per heavy atom. The second-order valence-electron chi connectivity index (χ2n) is 8.68. The molecule has 1 fully saturated rings. The van der Waals surface area contributed by atoms with Crippen LogP contribution < -0.4 is 16.0 Å². The van der Waals surface area contributed by atoms with Gasteiger partial charge in [0.2, 0.25) is 0 Å². The molecule has 0 bridgehead atoms. The summed E-state index contributed by atoms with van der Waals surface area (Å²) < 4.78 is 7.97. The van der Waals surface area contributed by atoms with E-state index in [0.29, 0.717) is 23.5 Å². The molecule has 0 spiro atoms. The van der Waals surface area contributed by atoms with Gasteiger partial charge in [0.05, 0.1) is 6.20 Å². The fourth-order valence-electron chi connectivity index (χ4n) is 4.67. The number of nitrogens with two attached hydrogens (primary N) is 1. The first-order chi connectivity index (χ1) is 13.9. The molecule has 6 heteroatoms. The molecule has 0 amide bonds. The summed E-state index contributed by atoms with van der Waals surface area (Å²) in [7, 11) is 2.12. The number of aromatic nitrogens is 1.